The first-order chi connectivity index (χ1) is 12.4. The largest absolute Gasteiger partial charge is 0.405 e. The van der Waals surface area contributed by atoms with Crippen molar-refractivity contribution < 1.29 is 35.2 Å². The van der Waals surface area contributed by atoms with Gasteiger partial charge in [0.25, 0.3) is 15.9 Å². The molecule has 2 aromatic rings. The van der Waals surface area contributed by atoms with Crippen LogP contribution in [0.1, 0.15) is 10.4 Å². The minimum atomic E-state index is -4.63. The summed E-state index contributed by atoms with van der Waals surface area (Å²) >= 11 is 0. The molecule has 0 radical (unpaired) electrons. The number of carbonyl (C=O) groups excluding carboxylic acids is 1. The van der Waals surface area contributed by atoms with E-state index in [1.165, 1.54) is 0 Å². The lowest BCUT2D eigenvalue weighted by atomic mass is 10.2. The molecule has 0 aromatic heterocycles. The number of nitrogens with zero attached hydrogens (tertiary/aromatic N) is 1. The minimum absolute atomic E-state index is 0.339. The predicted octanol–water partition coefficient (Wildman–Crippen LogP) is 3.08. The third-order valence-electron chi connectivity index (χ3n) is 3.45. The normalized spacial score (nSPS) is 11.9. The molecule has 0 aliphatic heterocycles. The zero-order valence-corrected chi connectivity index (χ0v) is 14.5. The fourth-order valence-electron chi connectivity index (χ4n) is 2.10. The van der Waals surface area contributed by atoms with Crippen molar-refractivity contribution >= 4 is 21.6 Å². The van der Waals surface area contributed by atoms with Crippen molar-refractivity contribution in [2.45, 2.75) is 11.1 Å². The van der Waals surface area contributed by atoms with E-state index < -0.39 is 50.9 Å². The van der Waals surface area contributed by atoms with Gasteiger partial charge in [0.1, 0.15) is 18.2 Å². The fraction of sp³-hybridized carbons (Fsp3) is 0.188. The van der Waals surface area contributed by atoms with Crippen LogP contribution in [0.2, 0.25) is 0 Å². The van der Waals surface area contributed by atoms with Crippen molar-refractivity contribution in [2.24, 2.45) is 0 Å². The summed E-state index contributed by atoms with van der Waals surface area (Å²) in [5, 5.41) is 1.61. The Kier molecular flexibility index (Phi) is 5.73. The summed E-state index contributed by atoms with van der Waals surface area (Å²) in [6, 6.07) is 6.41. The highest BCUT2D eigenvalue weighted by atomic mass is 32.2. The molecule has 146 valence electrons. The van der Waals surface area contributed by atoms with Crippen molar-refractivity contribution in [2.75, 3.05) is 17.9 Å². The highest BCUT2D eigenvalue weighted by molar-refractivity contribution is 7.92. The number of sulfonamides is 1. The third-order valence-corrected chi connectivity index (χ3v) is 5.22. The van der Waals surface area contributed by atoms with Crippen LogP contribution in [-0.2, 0) is 10.0 Å². The lowest BCUT2D eigenvalue weighted by molar-refractivity contribution is -0.123. The molecule has 0 saturated carbocycles. The molecule has 1 N–H and O–H groups in total. The van der Waals surface area contributed by atoms with Crippen molar-refractivity contribution in [1.82, 2.24) is 5.32 Å². The van der Waals surface area contributed by atoms with Crippen LogP contribution in [0.3, 0.4) is 0 Å². The van der Waals surface area contributed by atoms with Crippen LogP contribution in [0.15, 0.2) is 47.4 Å². The van der Waals surface area contributed by atoms with Crippen LogP contribution < -0.4 is 9.62 Å². The third kappa shape index (κ3) is 4.94. The Hall–Kier alpha value is -2.69. The molecule has 0 spiro atoms. The van der Waals surface area contributed by atoms with E-state index in [1.54, 1.807) is 5.32 Å². The molecule has 11 heteroatoms. The average molecular weight is 408 g/mol. The molecule has 0 aliphatic rings. The summed E-state index contributed by atoms with van der Waals surface area (Å²) in [5.41, 5.74) is -0.907. The number of benzene rings is 2. The lowest BCUT2D eigenvalue weighted by Gasteiger charge is -2.20. The summed E-state index contributed by atoms with van der Waals surface area (Å²) in [6.45, 7) is -1.59. The van der Waals surface area contributed by atoms with E-state index in [4.69, 9.17) is 0 Å². The Morgan fingerprint density at radius 2 is 1.78 bits per heavy atom. The van der Waals surface area contributed by atoms with E-state index in [0.717, 1.165) is 43.4 Å². The second kappa shape index (κ2) is 7.51. The number of hydrogen-bond acceptors (Lipinski definition) is 3. The molecular weight excluding hydrogens is 395 g/mol. The van der Waals surface area contributed by atoms with Crippen LogP contribution in [0.25, 0.3) is 0 Å². The molecule has 27 heavy (non-hydrogen) atoms. The number of alkyl halides is 3. The van der Waals surface area contributed by atoms with Gasteiger partial charge in [0.05, 0.1) is 10.6 Å². The molecule has 0 fully saturated rings. The average Bonchev–Trinajstić information content (AvgIpc) is 2.60. The maximum Gasteiger partial charge on any atom is 0.405 e. The highest BCUT2D eigenvalue weighted by Crippen LogP contribution is 2.26. The summed E-state index contributed by atoms with van der Waals surface area (Å²) in [4.78, 5) is 11.3. The van der Waals surface area contributed by atoms with Crippen molar-refractivity contribution in [3.05, 3.63) is 59.7 Å². The van der Waals surface area contributed by atoms with Crippen molar-refractivity contribution in [3.63, 3.8) is 0 Å². The SMILES string of the molecule is CN(c1cc(F)ccc1F)S(=O)(=O)c1cccc(C(=O)NCC(F)(F)F)c1. The highest BCUT2D eigenvalue weighted by Gasteiger charge is 2.29. The lowest BCUT2D eigenvalue weighted by Crippen LogP contribution is -2.34. The standard InChI is InChI=1S/C16H13F5N2O3S/c1-23(14-8-11(17)5-6-13(14)18)27(25,26)12-4-2-3-10(7-12)15(24)22-9-16(19,20)21/h2-8H,9H2,1H3,(H,22,24). The monoisotopic (exact) mass is 408 g/mol. The summed E-state index contributed by atoms with van der Waals surface area (Å²) in [6.07, 6.45) is -4.63. The van der Waals surface area contributed by atoms with Gasteiger partial charge in [0.2, 0.25) is 0 Å². The summed E-state index contributed by atoms with van der Waals surface area (Å²) in [7, 11) is -3.43. The number of anilines is 1. The van der Waals surface area contributed by atoms with Gasteiger partial charge >= 0.3 is 6.18 Å². The Labute approximate surface area is 151 Å². The smallest absolute Gasteiger partial charge is 0.343 e. The molecule has 0 heterocycles. The van der Waals surface area contributed by atoms with Crippen LogP contribution >= 0.6 is 0 Å². The van der Waals surface area contributed by atoms with E-state index in [9.17, 15) is 35.2 Å². The molecule has 0 unspecified atom stereocenters. The molecular formula is C16H13F5N2O3S. The summed E-state index contributed by atoms with van der Waals surface area (Å²) < 4.78 is 89.4. The number of nitrogens with one attached hydrogen (secondary N) is 1. The van der Waals surface area contributed by atoms with Gasteiger partial charge in [0.15, 0.2) is 0 Å². The molecule has 5 nitrogen and oxygen atoms in total. The first-order valence-electron chi connectivity index (χ1n) is 7.31. The second-order valence-electron chi connectivity index (χ2n) is 5.39. The van der Waals surface area contributed by atoms with Gasteiger partial charge in [-0.15, -0.1) is 0 Å². The predicted molar refractivity (Wildman–Crippen MR) is 86.8 cm³/mol. The van der Waals surface area contributed by atoms with Gasteiger partial charge in [-0.25, -0.2) is 17.2 Å². The van der Waals surface area contributed by atoms with Gasteiger partial charge in [-0.1, -0.05) is 6.07 Å². The Balaban J connectivity index is 2.34. The van der Waals surface area contributed by atoms with E-state index in [-0.39, 0.29) is 5.56 Å². The maximum atomic E-state index is 13.8. The van der Waals surface area contributed by atoms with Crippen LogP contribution in [0, 0.1) is 11.6 Å². The molecule has 0 bridgehead atoms. The summed E-state index contributed by atoms with van der Waals surface area (Å²) in [5.74, 6) is -3.00. The Morgan fingerprint density at radius 1 is 1.11 bits per heavy atom. The maximum absolute atomic E-state index is 13.8. The van der Waals surface area contributed by atoms with Gasteiger partial charge < -0.3 is 5.32 Å². The molecule has 0 aliphatic carbocycles. The zero-order valence-electron chi connectivity index (χ0n) is 13.7. The molecule has 2 aromatic carbocycles. The van der Waals surface area contributed by atoms with Crippen LogP contribution in [0.4, 0.5) is 27.6 Å². The van der Waals surface area contributed by atoms with Crippen LogP contribution in [0.5, 0.6) is 0 Å². The zero-order chi connectivity index (χ0) is 20.4. The van der Waals surface area contributed by atoms with Crippen LogP contribution in [-0.4, -0.2) is 34.1 Å². The molecule has 2 rings (SSSR count). The van der Waals surface area contributed by atoms with E-state index >= 15 is 0 Å². The molecule has 1 amide bonds. The number of hydrogen-bond donors (Lipinski definition) is 1. The van der Waals surface area contributed by atoms with E-state index in [1.807, 2.05) is 0 Å². The van der Waals surface area contributed by atoms with E-state index in [2.05, 4.69) is 0 Å². The van der Waals surface area contributed by atoms with E-state index in [0.29, 0.717) is 10.4 Å². The first-order valence-corrected chi connectivity index (χ1v) is 8.75. The van der Waals surface area contributed by atoms with Gasteiger partial charge in [-0.05, 0) is 30.3 Å². The van der Waals surface area contributed by atoms with Crippen molar-refractivity contribution in [3.8, 4) is 0 Å². The molecule has 0 atom stereocenters. The van der Waals surface area contributed by atoms with Crippen molar-refractivity contribution in [1.29, 1.82) is 0 Å². The first kappa shape index (κ1) is 20.6. The Bertz CT molecular complexity index is 961. The molecule has 0 saturated heterocycles. The van der Waals surface area contributed by atoms with Gasteiger partial charge in [0, 0.05) is 18.7 Å². The number of carbonyl (C=O) groups is 1. The van der Waals surface area contributed by atoms with Gasteiger partial charge in [-0.2, -0.15) is 13.2 Å². The second-order valence-corrected chi connectivity index (χ2v) is 7.36. The quantitative estimate of drug-likeness (QED) is 0.774. The number of rotatable bonds is 5. The Morgan fingerprint density at radius 3 is 2.41 bits per heavy atom. The fourth-order valence-corrected chi connectivity index (χ4v) is 3.34. The number of halogens is 5. The minimum Gasteiger partial charge on any atom is -0.343 e. The number of amides is 1. The topological polar surface area (TPSA) is 66.5 Å². The van der Waals surface area contributed by atoms with Gasteiger partial charge in [-0.3, -0.25) is 9.10 Å².